The standard InChI is InChI=1S/C14H18/c1-4-5-6-9-12(2)14-11-8-7-10-13(14)3/h5-11H,4H2,1-3H3/b6-5-,12-9+. The van der Waals surface area contributed by atoms with Gasteiger partial charge in [-0.05, 0) is 37.0 Å². The smallest absolute Gasteiger partial charge is 0.0198 e. The Labute approximate surface area is 87.0 Å². The second-order valence-corrected chi connectivity index (χ2v) is 3.50. The highest BCUT2D eigenvalue weighted by Crippen LogP contribution is 2.17. The van der Waals surface area contributed by atoms with Crippen LogP contribution in [-0.2, 0) is 0 Å². The molecule has 74 valence electrons. The highest BCUT2D eigenvalue weighted by Gasteiger charge is 1.96. The fourth-order valence-electron chi connectivity index (χ4n) is 1.45. The van der Waals surface area contributed by atoms with Crippen molar-refractivity contribution in [2.24, 2.45) is 0 Å². The van der Waals surface area contributed by atoms with Crippen molar-refractivity contribution in [2.75, 3.05) is 0 Å². The van der Waals surface area contributed by atoms with Crippen LogP contribution in [0.4, 0.5) is 0 Å². The summed E-state index contributed by atoms with van der Waals surface area (Å²) in [5, 5.41) is 0. The SMILES string of the molecule is CC/C=C\C=C(/C)c1ccccc1C. The summed E-state index contributed by atoms with van der Waals surface area (Å²) in [7, 11) is 0. The van der Waals surface area contributed by atoms with E-state index in [9.17, 15) is 0 Å². The molecule has 0 aliphatic carbocycles. The summed E-state index contributed by atoms with van der Waals surface area (Å²) in [5.74, 6) is 0. The molecule has 0 amide bonds. The van der Waals surface area contributed by atoms with Gasteiger partial charge in [-0.2, -0.15) is 0 Å². The van der Waals surface area contributed by atoms with Crippen LogP contribution in [0.15, 0.2) is 42.5 Å². The van der Waals surface area contributed by atoms with Gasteiger partial charge in [0.05, 0.1) is 0 Å². The zero-order chi connectivity index (χ0) is 10.4. The van der Waals surface area contributed by atoms with Gasteiger partial charge in [0.25, 0.3) is 0 Å². The minimum absolute atomic E-state index is 1.09. The highest BCUT2D eigenvalue weighted by atomic mass is 14.0. The van der Waals surface area contributed by atoms with Crippen molar-refractivity contribution < 1.29 is 0 Å². The second kappa shape index (κ2) is 5.43. The van der Waals surface area contributed by atoms with Crippen molar-refractivity contribution in [1.29, 1.82) is 0 Å². The third-order valence-electron chi connectivity index (χ3n) is 2.29. The molecule has 0 saturated heterocycles. The van der Waals surface area contributed by atoms with Gasteiger partial charge in [0.2, 0.25) is 0 Å². The summed E-state index contributed by atoms with van der Waals surface area (Å²) in [6.07, 6.45) is 7.56. The Balaban J connectivity index is 2.89. The van der Waals surface area contributed by atoms with Crippen LogP contribution in [0.1, 0.15) is 31.4 Å². The van der Waals surface area contributed by atoms with Crippen LogP contribution >= 0.6 is 0 Å². The topological polar surface area (TPSA) is 0 Å². The lowest BCUT2D eigenvalue weighted by molar-refractivity contribution is 1.22. The molecule has 0 bridgehead atoms. The lowest BCUT2D eigenvalue weighted by Gasteiger charge is -2.04. The Morgan fingerprint density at radius 2 is 2.00 bits per heavy atom. The van der Waals surface area contributed by atoms with E-state index in [1.54, 1.807) is 0 Å². The van der Waals surface area contributed by atoms with Gasteiger partial charge in [0, 0.05) is 0 Å². The van der Waals surface area contributed by atoms with Crippen LogP contribution < -0.4 is 0 Å². The van der Waals surface area contributed by atoms with Crippen LogP contribution in [0.3, 0.4) is 0 Å². The van der Waals surface area contributed by atoms with E-state index >= 15 is 0 Å². The van der Waals surface area contributed by atoms with Crippen molar-refractivity contribution in [3.8, 4) is 0 Å². The van der Waals surface area contributed by atoms with E-state index in [1.165, 1.54) is 16.7 Å². The summed E-state index contributed by atoms with van der Waals surface area (Å²) in [6.45, 7) is 6.45. The molecule has 0 nitrogen and oxygen atoms in total. The normalized spacial score (nSPS) is 12.4. The molecular formula is C14H18. The minimum Gasteiger partial charge on any atom is -0.0848 e. The molecule has 0 saturated carbocycles. The Kier molecular flexibility index (Phi) is 4.18. The molecule has 0 aromatic heterocycles. The van der Waals surface area contributed by atoms with Crippen molar-refractivity contribution in [1.82, 2.24) is 0 Å². The molecule has 0 aliphatic rings. The maximum absolute atomic E-state index is 2.17. The maximum Gasteiger partial charge on any atom is -0.0198 e. The van der Waals surface area contributed by atoms with E-state index < -0.39 is 0 Å². The van der Waals surface area contributed by atoms with E-state index in [0.29, 0.717) is 0 Å². The zero-order valence-electron chi connectivity index (χ0n) is 9.25. The molecule has 1 rings (SSSR count). The summed E-state index contributed by atoms with van der Waals surface area (Å²) >= 11 is 0. The molecule has 0 spiro atoms. The van der Waals surface area contributed by atoms with Gasteiger partial charge in [-0.3, -0.25) is 0 Å². The van der Waals surface area contributed by atoms with Crippen LogP contribution in [-0.4, -0.2) is 0 Å². The van der Waals surface area contributed by atoms with Gasteiger partial charge in [-0.25, -0.2) is 0 Å². The lowest BCUT2D eigenvalue weighted by Crippen LogP contribution is -1.83. The Morgan fingerprint density at radius 3 is 2.64 bits per heavy atom. The van der Waals surface area contributed by atoms with Crippen molar-refractivity contribution in [2.45, 2.75) is 27.2 Å². The number of aryl methyl sites for hydroxylation is 1. The van der Waals surface area contributed by atoms with E-state index in [-0.39, 0.29) is 0 Å². The fourth-order valence-corrected chi connectivity index (χ4v) is 1.45. The van der Waals surface area contributed by atoms with Crippen molar-refractivity contribution in [3.05, 3.63) is 53.6 Å². The zero-order valence-corrected chi connectivity index (χ0v) is 9.25. The maximum atomic E-state index is 2.17. The Bertz CT molecular complexity index is 343. The molecule has 0 unspecified atom stereocenters. The van der Waals surface area contributed by atoms with Crippen LogP contribution in [0.25, 0.3) is 5.57 Å². The summed E-state index contributed by atoms with van der Waals surface area (Å²) in [5.41, 5.74) is 4.01. The number of benzene rings is 1. The number of hydrogen-bond acceptors (Lipinski definition) is 0. The molecule has 0 radical (unpaired) electrons. The van der Waals surface area contributed by atoms with E-state index in [0.717, 1.165) is 6.42 Å². The molecule has 0 aliphatic heterocycles. The third kappa shape index (κ3) is 2.88. The first-order valence-corrected chi connectivity index (χ1v) is 5.15. The minimum atomic E-state index is 1.09. The van der Waals surface area contributed by atoms with E-state index in [2.05, 4.69) is 63.3 Å². The molecule has 0 heterocycles. The molecule has 1 aromatic rings. The fraction of sp³-hybridized carbons (Fsp3) is 0.286. The Hall–Kier alpha value is -1.30. The quantitative estimate of drug-likeness (QED) is 0.615. The van der Waals surface area contributed by atoms with Crippen molar-refractivity contribution in [3.63, 3.8) is 0 Å². The number of allylic oxidation sites excluding steroid dienone is 4. The monoisotopic (exact) mass is 186 g/mol. The van der Waals surface area contributed by atoms with Crippen molar-refractivity contribution >= 4 is 5.57 Å². The lowest BCUT2D eigenvalue weighted by atomic mass is 10.0. The number of rotatable bonds is 3. The average Bonchev–Trinajstić information content (AvgIpc) is 2.18. The first-order chi connectivity index (χ1) is 6.75. The molecule has 0 heteroatoms. The highest BCUT2D eigenvalue weighted by molar-refractivity contribution is 5.67. The van der Waals surface area contributed by atoms with Crippen LogP contribution in [0, 0.1) is 6.92 Å². The van der Waals surface area contributed by atoms with Gasteiger partial charge >= 0.3 is 0 Å². The predicted molar refractivity (Wildman–Crippen MR) is 64.3 cm³/mol. The Morgan fingerprint density at radius 1 is 1.29 bits per heavy atom. The van der Waals surface area contributed by atoms with Gasteiger partial charge < -0.3 is 0 Å². The summed E-state index contributed by atoms with van der Waals surface area (Å²) in [6, 6.07) is 8.48. The predicted octanol–water partition coefficient (Wildman–Crippen LogP) is 4.36. The number of hydrogen-bond donors (Lipinski definition) is 0. The van der Waals surface area contributed by atoms with Crippen LogP contribution in [0.2, 0.25) is 0 Å². The average molecular weight is 186 g/mol. The van der Waals surface area contributed by atoms with Gasteiger partial charge in [-0.1, -0.05) is 49.4 Å². The summed E-state index contributed by atoms with van der Waals surface area (Å²) in [4.78, 5) is 0. The van der Waals surface area contributed by atoms with Crippen LogP contribution in [0.5, 0.6) is 0 Å². The van der Waals surface area contributed by atoms with Gasteiger partial charge in [0.15, 0.2) is 0 Å². The first kappa shape index (κ1) is 10.8. The third-order valence-corrected chi connectivity index (χ3v) is 2.29. The molecule has 14 heavy (non-hydrogen) atoms. The first-order valence-electron chi connectivity index (χ1n) is 5.15. The molecule has 0 fully saturated rings. The molecule has 1 aromatic carbocycles. The second-order valence-electron chi connectivity index (χ2n) is 3.50. The molecule has 0 N–H and O–H groups in total. The van der Waals surface area contributed by atoms with E-state index in [1.807, 2.05) is 0 Å². The largest absolute Gasteiger partial charge is 0.0848 e. The van der Waals surface area contributed by atoms with Gasteiger partial charge in [-0.15, -0.1) is 0 Å². The summed E-state index contributed by atoms with van der Waals surface area (Å²) < 4.78 is 0. The molecule has 0 atom stereocenters. The van der Waals surface area contributed by atoms with E-state index in [4.69, 9.17) is 0 Å². The molecular weight excluding hydrogens is 168 g/mol. The van der Waals surface area contributed by atoms with Gasteiger partial charge in [0.1, 0.15) is 0 Å².